The summed E-state index contributed by atoms with van der Waals surface area (Å²) < 4.78 is 0. The van der Waals surface area contributed by atoms with Crippen LogP contribution in [0.5, 0.6) is 0 Å². The van der Waals surface area contributed by atoms with Crippen molar-refractivity contribution in [1.82, 2.24) is 15.2 Å². The average Bonchev–Trinajstić information content (AvgIpc) is 2.39. The highest BCUT2D eigenvalue weighted by Crippen LogP contribution is 1.96. The van der Waals surface area contributed by atoms with Gasteiger partial charge in [0.05, 0.1) is 0 Å². The molecule has 1 aromatic rings. The summed E-state index contributed by atoms with van der Waals surface area (Å²) in [7, 11) is 0. The molecule has 0 fully saturated rings. The third-order valence-corrected chi connectivity index (χ3v) is 3.06. The lowest BCUT2D eigenvalue weighted by Gasteiger charge is -2.17. The average molecular weight is 235 g/mol. The lowest BCUT2D eigenvalue weighted by atomic mass is 10.2. The van der Waals surface area contributed by atoms with Crippen molar-refractivity contribution in [2.24, 2.45) is 0 Å². The lowest BCUT2D eigenvalue weighted by molar-refractivity contribution is 0.298. The molecule has 1 N–H and O–H groups in total. The maximum absolute atomic E-state index is 4.02. The first-order valence-corrected chi connectivity index (χ1v) is 6.68. The maximum Gasteiger partial charge on any atom is 0.0270 e. The molecule has 1 aromatic heterocycles. The first kappa shape index (κ1) is 14.1. The van der Waals surface area contributed by atoms with Crippen LogP contribution in [0, 0.1) is 0 Å². The van der Waals surface area contributed by atoms with Gasteiger partial charge >= 0.3 is 0 Å². The van der Waals surface area contributed by atoms with Crippen LogP contribution < -0.4 is 5.32 Å². The van der Waals surface area contributed by atoms with Crippen LogP contribution in [0.3, 0.4) is 0 Å². The van der Waals surface area contributed by atoms with Gasteiger partial charge in [0.1, 0.15) is 0 Å². The second kappa shape index (κ2) is 9.14. The van der Waals surface area contributed by atoms with E-state index in [9.17, 15) is 0 Å². The Labute approximate surface area is 105 Å². The van der Waals surface area contributed by atoms with Gasteiger partial charge < -0.3 is 10.2 Å². The maximum atomic E-state index is 4.02. The van der Waals surface area contributed by atoms with E-state index in [0.717, 1.165) is 32.6 Å². The zero-order valence-electron chi connectivity index (χ0n) is 11.2. The Morgan fingerprint density at radius 3 is 2.47 bits per heavy atom. The molecule has 0 spiro atoms. The van der Waals surface area contributed by atoms with Crippen molar-refractivity contribution in [1.29, 1.82) is 0 Å². The van der Waals surface area contributed by atoms with Crippen molar-refractivity contribution in [2.75, 3.05) is 32.7 Å². The molecule has 0 amide bonds. The minimum absolute atomic E-state index is 1.06. The van der Waals surface area contributed by atoms with Crippen LogP contribution in [0.1, 0.15) is 25.8 Å². The van der Waals surface area contributed by atoms with E-state index in [4.69, 9.17) is 0 Å². The SMILES string of the molecule is CCN(CC)CCCNCCc1ccncc1. The Kier molecular flexibility index (Phi) is 7.60. The van der Waals surface area contributed by atoms with Crippen LogP contribution >= 0.6 is 0 Å². The molecule has 17 heavy (non-hydrogen) atoms. The largest absolute Gasteiger partial charge is 0.316 e. The van der Waals surface area contributed by atoms with Crippen LogP contribution in [-0.4, -0.2) is 42.6 Å². The first-order valence-electron chi connectivity index (χ1n) is 6.68. The molecule has 0 aliphatic rings. The number of aromatic nitrogens is 1. The normalized spacial score (nSPS) is 11.0. The summed E-state index contributed by atoms with van der Waals surface area (Å²) in [5, 5.41) is 3.49. The smallest absolute Gasteiger partial charge is 0.0270 e. The van der Waals surface area contributed by atoms with Crippen molar-refractivity contribution in [3.05, 3.63) is 30.1 Å². The lowest BCUT2D eigenvalue weighted by Crippen LogP contribution is -2.27. The molecule has 0 radical (unpaired) electrons. The molecule has 0 saturated carbocycles. The highest BCUT2D eigenvalue weighted by molar-refractivity contribution is 5.09. The molecule has 1 rings (SSSR count). The summed E-state index contributed by atoms with van der Waals surface area (Å²) in [5.74, 6) is 0. The molecule has 0 aliphatic heterocycles. The predicted octanol–water partition coefficient (Wildman–Crippen LogP) is 1.95. The fourth-order valence-electron chi connectivity index (χ4n) is 1.87. The molecule has 1 heterocycles. The third-order valence-electron chi connectivity index (χ3n) is 3.06. The summed E-state index contributed by atoms with van der Waals surface area (Å²) in [6.07, 6.45) is 6.04. The van der Waals surface area contributed by atoms with Gasteiger partial charge in [-0.2, -0.15) is 0 Å². The van der Waals surface area contributed by atoms with E-state index in [1.807, 2.05) is 12.4 Å². The molecular weight excluding hydrogens is 210 g/mol. The van der Waals surface area contributed by atoms with Gasteiger partial charge in [-0.15, -0.1) is 0 Å². The number of rotatable bonds is 9. The fourth-order valence-corrected chi connectivity index (χ4v) is 1.87. The van der Waals surface area contributed by atoms with E-state index in [0.29, 0.717) is 0 Å². The monoisotopic (exact) mass is 235 g/mol. The van der Waals surface area contributed by atoms with Crippen molar-refractivity contribution >= 4 is 0 Å². The van der Waals surface area contributed by atoms with Crippen LogP contribution in [0.15, 0.2) is 24.5 Å². The quantitative estimate of drug-likeness (QED) is 0.663. The molecule has 0 atom stereocenters. The predicted molar refractivity (Wildman–Crippen MR) is 73.2 cm³/mol. The van der Waals surface area contributed by atoms with Crippen molar-refractivity contribution < 1.29 is 0 Å². The number of hydrogen-bond donors (Lipinski definition) is 1. The highest BCUT2D eigenvalue weighted by atomic mass is 15.1. The van der Waals surface area contributed by atoms with E-state index in [1.165, 1.54) is 18.5 Å². The minimum Gasteiger partial charge on any atom is -0.316 e. The Morgan fingerprint density at radius 1 is 1.12 bits per heavy atom. The molecule has 3 heteroatoms. The zero-order chi connectivity index (χ0) is 12.3. The van der Waals surface area contributed by atoms with Gasteiger partial charge in [-0.05, 0) is 63.3 Å². The van der Waals surface area contributed by atoms with Crippen LogP contribution in [0.2, 0.25) is 0 Å². The highest BCUT2D eigenvalue weighted by Gasteiger charge is 1.97. The summed E-state index contributed by atoms with van der Waals surface area (Å²) in [5.41, 5.74) is 1.36. The van der Waals surface area contributed by atoms with E-state index in [1.54, 1.807) is 0 Å². The number of pyridine rings is 1. The van der Waals surface area contributed by atoms with Gasteiger partial charge in [0.15, 0.2) is 0 Å². The van der Waals surface area contributed by atoms with Crippen LogP contribution in [0.25, 0.3) is 0 Å². The second-order valence-electron chi connectivity index (χ2n) is 4.24. The summed E-state index contributed by atoms with van der Waals surface area (Å²) in [6.45, 7) is 10.1. The van der Waals surface area contributed by atoms with Gasteiger partial charge in [-0.25, -0.2) is 0 Å². The van der Waals surface area contributed by atoms with Gasteiger partial charge in [0, 0.05) is 12.4 Å². The Hall–Kier alpha value is -0.930. The Balaban J connectivity index is 1.98. The first-order chi connectivity index (χ1) is 8.36. The molecule has 3 nitrogen and oxygen atoms in total. The van der Waals surface area contributed by atoms with Gasteiger partial charge in [0.25, 0.3) is 0 Å². The van der Waals surface area contributed by atoms with E-state index < -0.39 is 0 Å². The fraction of sp³-hybridized carbons (Fsp3) is 0.643. The minimum atomic E-state index is 1.06. The molecule has 0 saturated heterocycles. The molecule has 0 bridgehead atoms. The third kappa shape index (κ3) is 6.39. The van der Waals surface area contributed by atoms with Crippen molar-refractivity contribution in [3.63, 3.8) is 0 Å². The summed E-state index contributed by atoms with van der Waals surface area (Å²) in [4.78, 5) is 6.48. The topological polar surface area (TPSA) is 28.2 Å². The van der Waals surface area contributed by atoms with Crippen molar-refractivity contribution in [3.8, 4) is 0 Å². The number of hydrogen-bond acceptors (Lipinski definition) is 3. The molecular formula is C14H25N3. The molecule has 0 aliphatic carbocycles. The second-order valence-corrected chi connectivity index (χ2v) is 4.24. The molecule has 0 aromatic carbocycles. The van der Waals surface area contributed by atoms with E-state index >= 15 is 0 Å². The van der Waals surface area contributed by atoms with Gasteiger partial charge in [-0.3, -0.25) is 4.98 Å². The Morgan fingerprint density at radius 2 is 1.82 bits per heavy atom. The van der Waals surface area contributed by atoms with E-state index in [2.05, 4.69) is 41.2 Å². The van der Waals surface area contributed by atoms with Gasteiger partial charge in [0.2, 0.25) is 0 Å². The summed E-state index contributed by atoms with van der Waals surface area (Å²) in [6, 6.07) is 4.16. The van der Waals surface area contributed by atoms with Crippen molar-refractivity contribution in [2.45, 2.75) is 26.7 Å². The standard InChI is InChI=1S/C14H25N3/c1-3-17(4-2)13-5-9-15-10-6-14-7-11-16-12-8-14/h7-8,11-12,15H,3-6,9-10,13H2,1-2H3. The summed E-state index contributed by atoms with van der Waals surface area (Å²) >= 11 is 0. The van der Waals surface area contributed by atoms with Crippen LogP contribution in [0.4, 0.5) is 0 Å². The Bertz CT molecular complexity index is 270. The molecule has 0 unspecified atom stereocenters. The number of nitrogens with one attached hydrogen (secondary N) is 1. The van der Waals surface area contributed by atoms with E-state index in [-0.39, 0.29) is 0 Å². The number of nitrogens with zero attached hydrogens (tertiary/aromatic N) is 2. The van der Waals surface area contributed by atoms with Crippen LogP contribution in [-0.2, 0) is 6.42 Å². The molecule has 96 valence electrons. The van der Waals surface area contributed by atoms with Gasteiger partial charge in [-0.1, -0.05) is 13.8 Å². The zero-order valence-corrected chi connectivity index (χ0v) is 11.2.